The fourth-order valence-corrected chi connectivity index (χ4v) is 3.25. The average molecular weight is 442 g/mol. The number of carbonyl (C=O) groups is 3. The molecule has 1 aliphatic heterocycles. The molecule has 2 aromatic rings. The summed E-state index contributed by atoms with van der Waals surface area (Å²) in [6, 6.07) is 13.4. The van der Waals surface area contributed by atoms with Gasteiger partial charge in [0.15, 0.2) is 12.2 Å². The summed E-state index contributed by atoms with van der Waals surface area (Å²) in [4.78, 5) is 38.5. The van der Waals surface area contributed by atoms with E-state index in [0.29, 0.717) is 17.1 Å². The number of rotatable bonds is 6. The first-order chi connectivity index (χ1) is 14.8. The largest absolute Gasteiger partial charge is 0.479 e. The van der Waals surface area contributed by atoms with E-state index in [1.807, 2.05) is 6.07 Å². The van der Waals surface area contributed by atoms with Crippen LogP contribution in [0.5, 0.6) is 5.75 Å². The third-order valence-electron chi connectivity index (χ3n) is 4.65. The van der Waals surface area contributed by atoms with Gasteiger partial charge < -0.3 is 19.7 Å². The van der Waals surface area contributed by atoms with Gasteiger partial charge in [0.25, 0.3) is 11.8 Å². The molecule has 31 heavy (non-hydrogen) atoms. The first-order valence-corrected chi connectivity index (χ1v) is 9.95. The molecule has 0 saturated carbocycles. The van der Waals surface area contributed by atoms with Crippen molar-refractivity contribution in [3.8, 4) is 11.8 Å². The lowest BCUT2D eigenvalue weighted by Gasteiger charge is -2.32. The highest BCUT2D eigenvalue weighted by atomic mass is 35.5. The number of carbonyl (C=O) groups excluding carboxylic acids is 3. The number of benzene rings is 2. The van der Waals surface area contributed by atoms with Gasteiger partial charge in [-0.25, -0.2) is 0 Å². The second-order valence-corrected chi connectivity index (χ2v) is 7.30. The Kier molecular flexibility index (Phi) is 6.78. The minimum atomic E-state index is -1.06. The Balaban J connectivity index is 1.56. The van der Waals surface area contributed by atoms with Gasteiger partial charge in [0.05, 0.1) is 22.7 Å². The van der Waals surface area contributed by atoms with Crippen molar-refractivity contribution in [2.24, 2.45) is 0 Å². The van der Waals surface area contributed by atoms with Crippen LogP contribution in [-0.4, -0.2) is 36.5 Å². The number of nitrogens with one attached hydrogen (secondary N) is 1. The summed E-state index contributed by atoms with van der Waals surface area (Å²) in [5.74, 6) is -0.854. The zero-order chi connectivity index (χ0) is 22.5. The van der Waals surface area contributed by atoms with Gasteiger partial charge in [-0.1, -0.05) is 23.7 Å². The molecule has 2 atom stereocenters. The Hall–Kier alpha value is -3.57. The van der Waals surface area contributed by atoms with E-state index in [0.717, 1.165) is 0 Å². The van der Waals surface area contributed by atoms with Crippen molar-refractivity contribution in [2.45, 2.75) is 32.5 Å². The number of nitrogens with zero attached hydrogens (tertiary/aromatic N) is 2. The van der Waals surface area contributed by atoms with Gasteiger partial charge in [-0.3, -0.25) is 14.4 Å². The average Bonchev–Trinajstić information content (AvgIpc) is 2.74. The number of para-hydroxylation sites is 2. The maximum atomic E-state index is 12.5. The lowest BCUT2D eigenvalue weighted by atomic mass is 10.2. The quantitative estimate of drug-likeness (QED) is 0.689. The van der Waals surface area contributed by atoms with E-state index < -0.39 is 24.1 Å². The van der Waals surface area contributed by atoms with Crippen LogP contribution in [0.3, 0.4) is 0 Å². The monoisotopic (exact) mass is 441 g/mol. The normalized spacial score (nSPS) is 15.9. The Morgan fingerprint density at radius 3 is 2.77 bits per heavy atom. The number of anilines is 2. The number of fused-ring (bicyclic) bond motifs is 1. The SMILES string of the molecule is CC(OC(=O)CCN1C(=O)C(C)Oc2ccccc21)C(=O)Nc1ccc(C#N)c(Cl)c1. The summed E-state index contributed by atoms with van der Waals surface area (Å²) in [5, 5.41) is 11.7. The molecule has 160 valence electrons. The van der Waals surface area contributed by atoms with E-state index in [1.54, 1.807) is 31.2 Å². The van der Waals surface area contributed by atoms with E-state index >= 15 is 0 Å². The van der Waals surface area contributed by atoms with Gasteiger partial charge in [0, 0.05) is 12.2 Å². The Morgan fingerprint density at radius 2 is 2.06 bits per heavy atom. The van der Waals surface area contributed by atoms with Gasteiger partial charge in [-0.05, 0) is 44.2 Å². The highest BCUT2D eigenvalue weighted by Crippen LogP contribution is 2.33. The highest BCUT2D eigenvalue weighted by Gasteiger charge is 2.31. The number of esters is 1. The summed E-state index contributed by atoms with van der Waals surface area (Å²) >= 11 is 5.95. The zero-order valence-electron chi connectivity index (χ0n) is 16.9. The summed E-state index contributed by atoms with van der Waals surface area (Å²) < 4.78 is 10.8. The van der Waals surface area contributed by atoms with Crippen LogP contribution in [0.2, 0.25) is 5.02 Å². The third kappa shape index (κ3) is 5.13. The lowest BCUT2D eigenvalue weighted by Crippen LogP contribution is -2.45. The van der Waals surface area contributed by atoms with Gasteiger partial charge in [-0.2, -0.15) is 5.26 Å². The second-order valence-electron chi connectivity index (χ2n) is 6.90. The van der Waals surface area contributed by atoms with Crippen molar-refractivity contribution in [3.63, 3.8) is 0 Å². The van der Waals surface area contributed by atoms with E-state index in [4.69, 9.17) is 26.3 Å². The Bertz CT molecular complexity index is 1070. The van der Waals surface area contributed by atoms with Crippen LogP contribution in [0.25, 0.3) is 0 Å². The van der Waals surface area contributed by atoms with E-state index in [9.17, 15) is 14.4 Å². The lowest BCUT2D eigenvalue weighted by molar-refractivity contribution is -0.153. The number of nitriles is 1. The number of halogens is 1. The molecule has 0 bridgehead atoms. The van der Waals surface area contributed by atoms with Crippen molar-refractivity contribution in [1.82, 2.24) is 0 Å². The molecular formula is C22H20ClN3O5. The minimum absolute atomic E-state index is 0.0902. The number of hydrogen-bond acceptors (Lipinski definition) is 6. The van der Waals surface area contributed by atoms with Crippen molar-refractivity contribution in [1.29, 1.82) is 5.26 Å². The number of hydrogen-bond donors (Lipinski definition) is 1. The number of ether oxygens (including phenoxy) is 2. The van der Waals surface area contributed by atoms with Crippen LogP contribution in [0.4, 0.5) is 11.4 Å². The van der Waals surface area contributed by atoms with Crippen LogP contribution in [0.15, 0.2) is 42.5 Å². The third-order valence-corrected chi connectivity index (χ3v) is 4.96. The second kappa shape index (κ2) is 9.49. The maximum Gasteiger partial charge on any atom is 0.308 e. The van der Waals surface area contributed by atoms with Crippen LogP contribution in [0, 0.1) is 11.3 Å². The van der Waals surface area contributed by atoms with Gasteiger partial charge in [0.2, 0.25) is 0 Å². The van der Waals surface area contributed by atoms with E-state index in [2.05, 4.69) is 5.32 Å². The zero-order valence-corrected chi connectivity index (χ0v) is 17.7. The summed E-state index contributed by atoms with van der Waals surface area (Å²) in [7, 11) is 0. The van der Waals surface area contributed by atoms with Gasteiger partial charge in [0.1, 0.15) is 11.8 Å². The standard InChI is InChI=1S/C22H20ClN3O5/c1-13(21(28)25-16-8-7-15(12-24)17(23)11-16)31-20(27)9-10-26-18-5-3-4-6-19(18)30-14(2)22(26)29/h3-8,11,13-14H,9-10H2,1-2H3,(H,25,28). The van der Waals surface area contributed by atoms with Crippen molar-refractivity contribution >= 4 is 40.8 Å². The molecule has 3 rings (SSSR count). The van der Waals surface area contributed by atoms with Crippen LogP contribution in [-0.2, 0) is 19.1 Å². The fraction of sp³-hybridized carbons (Fsp3) is 0.273. The first kappa shape index (κ1) is 22.1. The molecule has 1 N–H and O–H groups in total. The van der Waals surface area contributed by atoms with Crippen molar-refractivity contribution in [3.05, 3.63) is 53.1 Å². The Morgan fingerprint density at radius 1 is 1.32 bits per heavy atom. The molecule has 0 saturated heterocycles. The van der Waals surface area contributed by atoms with Crippen molar-refractivity contribution in [2.75, 3.05) is 16.8 Å². The molecule has 0 radical (unpaired) electrons. The first-order valence-electron chi connectivity index (χ1n) is 9.57. The molecule has 0 fully saturated rings. The van der Waals surface area contributed by atoms with E-state index in [-0.39, 0.29) is 29.5 Å². The van der Waals surface area contributed by atoms with Crippen LogP contribution in [0.1, 0.15) is 25.8 Å². The predicted molar refractivity (Wildman–Crippen MR) is 114 cm³/mol. The molecule has 0 spiro atoms. The molecule has 8 nitrogen and oxygen atoms in total. The molecule has 9 heteroatoms. The molecule has 1 heterocycles. The topological polar surface area (TPSA) is 109 Å². The Labute approximate surface area is 184 Å². The van der Waals surface area contributed by atoms with E-state index in [1.165, 1.54) is 30.0 Å². The summed E-state index contributed by atoms with van der Waals surface area (Å²) in [5.41, 5.74) is 1.25. The highest BCUT2D eigenvalue weighted by molar-refractivity contribution is 6.32. The van der Waals surface area contributed by atoms with Gasteiger partial charge in [-0.15, -0.1) is 0 Å². The fourth-order valence-electron chi connectivity index (χ4n) is 3.03. The predicted octanol–water partition coefficient (Wildman–Crippen LogP) is 3.29. The molecule has 0 aliphatic carbocycles. The molecule has 2 aromatic carbocycles. The number of amides is 2. The molecule has 2 amide bonds. The van der Waals surface area contributed by atoms with Gasteiger partial charge >= 0.3 is 5.97 Å². The minimum Gasteiger partial charge on any atom is -0.479 e. The van der Waals surface area contributed by atoms with Crippen LogP contribution >= 0.6 is 11.6 Å². The van der Waals surface area contributed by atoms with Crippen LogP contribution < -0.4 is 15.0 Å². The molecule has 0 aromatic heterocycles. The molecule has 2 unspecified atom stereocenters. The molecular weight excluding hydrogens is 422 g/mol. The summed E-state index contributed by atoms with van der Waals surface area (Å²) in [6.07, 6.45) is -1.81. The molecule has 1 aliphatic rings. The smallest absolute Gasteiger partial charge is 0.308 e. The summed E-state index contributed by atoms with van der Waals surface area (Å²) in [6.45, 7) is 3.18. The van der Waals surface area contributed by atoms with Crippen molar-refractivity contribution < 1.29 is 23.9 Å². The maximum absolute atomic E-state index is 12.5.